The standard InChI is InChI=1S/C7H14N2O2/c1-7(4-11-5-7)6(10)9-3-2-8/h2-5,8H2,1H3,(H,9,10). The molecule has 0 radical (unpaired) electrons. The number of hydrogen-bond donors (Lipinski definition) is 2. The summed E-state index contributed by atoms with van der Waals surface area (Å²) < 4.78 is 4.95. The van der Waals surface area contributed by atoms with E-state index in [1.165, 1.54) is 0 Å². The maximum atomic E-state index is 11.3. The minimum Gasteiger partial charge on any atom is -0.379 e. The molecule has 1 aliphatic rings. The van der Waals surface area contributed by atoms with Crippen molar-refractivity contribution in [1.29, 1.82) is 0 Å². The molecule has 0 saturated carbocycles. The first-order chi connectivity index (χ1) is 5.19. The third-order valence-electron chi connectivity index (χ3n) is 1.82. The van der Waals surface area contributed by atoms with E-state index in [1.807, 2.05) is 6.92 Å². The average Bonchev–Trinajstić information content (AvgIpc) is 1.95. The number of hydrogen-bond acceptors (Lipinski definition) is 3. The number of carbonyl (C=O) groups excluding carboxylic acids is 1. The molecule has 0 bridgehead atoms. The van der Waals surface area contributed by atoms with E-state index in [2.05, 4.69) is 5.32 Å². The van der Waals surface area contributed by atoms with Gasteiger partial charge in [0.05, 0.1) is 18.6 Å². The molecular weight excluding hydrogens is 144 g/mol. The largest absolute Gasteiger partial charge is 0.379 e. The Morgan fingerprint density at radius 1 is 1.73 bits per heavy atom. The SMILES string of the molecule is CC1(C(=O)NCCN)COC1. The quantitative estimate of drug-likeness (QED) is 0.559. The number of ether oxygens (including phenoxy) is 1. The van der Waals surface area contributed by atoms with Crippen LogP contribution in [0.5, 0.6) is 0 Å². The third kappa shape index (κ3) is 1.70. The van der Waals surface area contributed by atoms with Crippen molar-refractivity contribution in [3.05, 3.63) is 0 Å². The summed E-state index contributed by atoms with van der Waals surface area (Å²) in [7, 11) is 0. The van der Waals surface area contributed by atoms with Crippen LogP contribution in [-0.4, -0.2) is 32.2 Å². The lowest BCUT2D eigenvalue weighted by atomic mass is 9.88. The number of nitrogens with one attached hydrogen (secondary N) is 1. The highest BCUT2D eigenvalue weighted by Gasteiger charge is 2.40. The van der Waals surface area contributed by atoms with Crippen LogP contribution in [0.4, 0.5) is 0 Å². The van der Waals surface area contributed by atoms with Crippen molar-refractivity contribution in [2.75, 3.05) is 26.3 Å². The Morgan fingerprint density at radius 2 is 2.36 bits per heavy atom. The summed E-state index contributed by atoms with van der Waals surface area (Å²) in [6, 6.07) is 0. The summed E-state index contributed by atoms with van der Waals surface area (Å²) in [4.78, 5) is 11.3. The first-order valence-electron chi connectivity index (χ1n) is 3.75. The minimum atomic E-state index is -0.296. The topological polar surface area (TPSA) is 64.4 Å². The molecule has 0 aromatic heterocycles. The lowest BCUT2D eigenvalue weighted by Gasteiger charge is -2.36. The first kappa shape index (κ1) is 8.49. The molecule has 0 aromatic rings. The van der Waals surface area contributed by atoms with Crippen molar-refractivity contribution in [1.82, 2.24) is 5.32 Å². The first-order valence-corrected chi connectivity index (χ1v) is 3.75. The molecule has 11 heavy (non-hydrogen) atoms. The van der Waals surface area contributed by atoms with E-state index in [4.69, 9.17) is 10.5 Å². The predicted molar refractivity (Wildman–Crippen MR) is 41.0 cm³/mol. The zero-order chi connectivity index (χ0) is 8.32. The van der Waals surface area contributed by atoms with Crippen LogP contribution in [0.1, 0.15) is 6.92 Å². The van der Waals surface area contributed by atoms with Crippen LogP contribution >= 0.6 is 0 Å². The Bertz CT molecular complexity index is 155. The lowest BCUT2D eigenvalue weighted by molar-refractivity contribution is -0.157. The van der Waals surface area contributed by atoms with E-state index in [0.717, 1.165) is 0 Å². The summed E-state index contributed by atoms with van der Waals surface area (Å²) >= 11 is 0. The van der Waals surface area contributed by atoms with E-state index < -0.39 is 0 Å². The summed E-state index contributed by atoms with van der Waals surface area (Å²) in [5.41, 5.74) is 4.94. The Hall–Kier alpha value is -0.610. The smallest absolute Gasteiger partial charge is 0.230 e. The molecule has 0 atom stereocenters. The van der Waals surface area contributed by atoms with Gasteiger partial charge in [-0.25, -0.2) is 0 Å². The van der Waals surface area contributed by atoms with Crippen LogP contribution < -0.4 is 11.1 Å². The number of amides is 1. The van der Waals surface area contributed by atoms with Crippen LogP contribution in [0.25, 0.3) is 0 Å². The van der Waals surface area contributed by atoms with Crippen LogP contribution in [0.3, 0.4) is 0 Å². The van der Waals surface area contributed by atoms with Gasteiger partial charge in [0.15, 0.2) is 0 Å². The highest BCUT2D eigenvalue weighted by Crippen LogP contribution is 2.26. The van der Waals surface area contributed by atoms with E-state index in [-0.39, 0.29) is 11.3 Å². The molecule has 1 saturated heterocycles. The normalized spacial score (nSPS) is 20.5. The van der Waals surface area contributed by atoms with E-state index >= 15 is 0 Å². The van der Waals surface area contributed by atoms with E-state index in [0.29, 0.717) is 26.3 Å². The van der Waals surface area contributed by atoms with Gasteiger partial charge in [-0.1, -0.05) is 0 Å². The van der Waals surface area contributed by atoms with E-state index in [1.54, 1.807) is 0 Å². The Kier molecular flexibility index (Phi) is 2.46. The summed E-state index contributed by atoms with van der Waals surface area (Å²) in [6.07, 6.45) is 0. The molecule has 0 aliphatic carbocycles. The molecule has 4 heteroatoms. The van der Waals surface area contributed by atoms with Gasteiger partial charge < -0.3 is 15.8 Å². The molecule has 3 N–H and O–H groups in total. The molecule has 0 aromatic carbocycles. The molecule has 1 heterocycles. The maximum absolute atomic E-state index is 11.3. The second-order valence-corrected chi connectivity index (χ2v) is 3.10. The Morgan fingerprint density at radius 3 is 2.73 bits per heavy atom. The van der Waals surface area contributed by atoms with Crippen molar-refractivity contribution >= 4 is 5.91 Å². The van der Waals surface area contributed by atoms with Crippen molar-refractivity contribution in [3.63, 3.8) is 0 Å². The van der Waals surface area contributed by atoms with Gasteiger partial charge in [-0.05, 0) is 6.92 Å². The monoisotopic (exact) mass is 158 g/mol. The van der Waals surface area contributed by atoms with Gasteiger partial charge >= 0.3 is 0 Å². The van der Waals surface area contributed by atoms with Gasteiger partial charge in [0.2, 0.25) is 5.91 Å². The fraction of sp³-hybridized carbons (Fsp3) is 0.857. The summed E-state index contributed by atoms with van der Waals surface area (Å²) in [5.74, 6) is 0.0502. The molecule has 1 rings (SSSR count). The highest BCUT2D eigenvalue weighted by molar-refractivity contribution is 5.83. The van der Waals surface area contributed by atoms with Crippen LogP contribution in [-0.2, 0) is 9.53 Å². The Labute approximate surface area is 66.1 Å². The Balaban J connectivity index is 2.28. The van der Waals surface area contributed by atoms with Gasteiger partial charge in [-0.15, -0.1) is 0 Å². The van der Waals surface area contributed by atoms with Gasteiger partial charge in [0.1, 0.15) is 0 Å². The number of carbonyl (C=O) groups is 1. The fourth-order valence-electron chi connectivity index (χ4n) is 0.938. The van der Waals surface area contributed by atoms with Crippen molar-refractivity contribution in [2.24, 2.45) is 11.1 Å². The zero-order valence-electron chi connectivity index (χ0n) is 6.72. The summed E-state index contributed by atoms with van der Waals surface area (Å²) in [6.45, 7) is 3.99. The van der Waals surface area contributed by atoms with Gasteiger partial charge in [-0.2, -0.15) is 0 Å². The minimum absolute atomic E-state index is 0.0502. The second kappa shape index (κ2) is 3.19. The number of rotatable bonds is 3. The van der Waals surface area contributed by atoms with Crippen molar-refractivity contribution in [3.8, 4) is 0 Å². The second-order valence-electron chi connectivity index (χ2n) is 3.10. The van der Waals surface area contributed by atoms with Gasteiger partial charge in [0, 0.05) is 13.1 Å². The molecule has 0 unspecified atom stereocenters. The molecule has 1 fully saturated rings. The average molecular weight is 158 g/mol. The maximum Gasteiger partial charge on any atom is 0.230 e. The highest BCUT2D eigenvalue weighted by atomic mass is 16.5. The summed E-state index contributed by atoms with van der Waals surface area (Å²) in [5, 5.41) is 2.73. The molecule has 64 valence electrons. The zero-order valence-corrected chi connectivity index (χ0v) is 6.72. The van der Waals surface area contributed by atoms with Crippen LogP contribution in [0, 0.1) is 5.41 Å². The third-order valence-corrected chi connectivity index (χ3v) is 1.82. The van der Waals surface area contributed by atoms with Gasteiger partial charge in [-0.3, -0.25) is 4.79 Å². The predicted octanol–water partition coefficient (Wildman–Crippen LogP) is -0.902. The molecule has 0 spiro atoms. The van der Waals surface area contributed by atoms with Crippen LogP contribution in [0.15, 0.2) is 0 Å². The molecule has 1 aliphatic heterocycles. The molecule has 1 amide bonds. The van der Waals surface area contributed by atoms with Gasteiger partial charge in [0.25, 0.3) is 0 Å². The number of nitrogens with two attached hydrogens (primary N) is 1. The van der Waals surface area contributed by atoms with Crippen LogP contribution in [0.2, 0.25) is 0 Å². The fourth-order valence-corrected chi connectivity index (χ4v) is 0.938. The lowest BCUT2D eigenvalue weighted by Crippen LogP contribution is -2.52. The van der Waals surface area contributed by atoms with Crippen molar-refractivity contribution in [2.45, 2.75) is 6.92 Å². The molecular formula is C7H14N2O2. The van der Waals surface area contributed by atoms with Crippen molar-refractivity contribution < 1.29 is 9.53 Å². The van der Waals surface area contributed by atoms with E-state index in [9.17, 15) is 4.79 Å². The molecule has 4 nitrogen and oxygen atoms in total.